The fraction of sp³-hybridized carbons (Fsp3) is 0.231. The molecule has 0 amide bonds. The molecule has 0 radical (unpaired) electrons. The van der Waals surface area contributed by atoms with Crippen LogP contribution < -0.4 is 5.73 Å². The average molecular weight is 399 g/mol. The van der Waals surface area contributed by atoms with Crippen molar-refractivity contribution in [2.24, 2.45) is 5.73 Å². The summed E-state index contributed by atoms with van der Waals surface area (Å²) in [6.07, 6.45) is 4.28. The summed E-state index contributed by atoms with van der Waals surface area (Å²) in [6.45, 7) is 2.98. The highest BCUT2D eigenvalue weighted by Gasteiger charge is 2.16. The predicted molar refractivity (Wildman–Crippen MR) is 128 cm³/mol. The Hall–Kier alpha value is -2.62. The topological polar surface area (TPSA) is 41.8 Å². The van der Waals surface area contributed by atoms with E-state index in [1.54, 1.807) is 0 Å². The minimum Gasteiger partial charge on any atom is -0.354 e. The van der Waals surface area contributed by atoms with Crippen LogP contribution in [0.5, 0.6) is 0 Å². The summed E-state index contributed by atoms with van der Waals surface area (Å²) >= 11 is 1.87. The fourth-order valence-electron chi connectivity index (χ4n) is 4.46. The summed E-state index contributed by atoms with van der Waals surface area (Å²) < 4.78 is 2.71. The van der Waals surface area contributed by atoms with E-state index in [-0.39, 0.29) is 0 Å². The molecule has 2 heterocycles. The minimum absolute atomic E-state index is 0.755. The Morgan fingerprint density at radius 1 is 0.862 bits per heavy atom. The molecule has 0 aliphatic heterocycles. The first-order valence-electron chi connectivity index (χ1n) is 10.5. The lowest BCUT2D eigenvalue weighted by Crippen LogP contribution is -1.99. The Labute approximate surface area is 175 Å². The van der Waals surface area contributed by atoms with Gasteiger partial charge in [-0.1, -0.05) is 49.4 Å². The van der Waals surface area contributed by atoms with E-state index in [9.17, 15) is 0 Å². The predicted octanol–water partition coefficient (Wildman–Crippen LogP) is 7.05. The van der Waals surface area contributed by atoms with Crippen LogP contribution >= 0.6 is 11.3 Å². The quantitative estimate of drug-likeness (QED) is 0.296. The molecule has 0 bridgehead atoms. The Bertz CT molecular complexity index is 1310. The van der Waals surface area contributed by atoms with E-state index in [0.717, 1.165) is 32.2 Å². The van der Waals surface area contributed by atoms with Gasteiger partial charge in [0.2, 0.25) is 0 Å². The van der Waals surface area contributed by atoms with Gasteiger partial charge in [0.15, 0.2) is 0 Å². The maximum absolute atomic E-state index is 5.77. The van der Waals surface area contributed by atoms with Gasteiger partial charge in [-0.25, -0.2) is 0 Å². The van der Waals surface area contributed by atoms with Gasteiger partial charge in [-0.3, -0.25) is 0 Å². The normalized spacial score (nSPS) is 11.8. The number of hydrogen-bond acceptors (Lipinski definition) is 2. The number of aryl methyl sites for hydroxylation is 2. The van der Waals surface area contributed by atoms with Crippen LogP contribution in [0.3, 0.4) is 0 Å². The number of aromatic nitrogens is 1. The monoisotopic (exact) mass is 398 g/mol. The molecular weight excluding hydrogens is 372 g/mol. The van der Waals surface area contributed by atoms with Crippen molar-refractivity contribution in [3.8, 4) is 11.3 Å². The lowest BCUT2D eigenvalue weighted by Gasteiger charge is -2.06. The molecule has 146 valence electrons. The zero-order valence-electron chi connectivity index (χ0n) is 16.8. The molecule has 0 atom stereocenters. The minimum atomic E-state index is 0.755. The van der Waals surface area contributed by atoms with Gasteiger partial charge in [0, 0.05) is 36.8 Å². The first-order chi connectivity index (χ1) is 14.3. The number of unbranched alkanes of at least 4 members (excludes halogenated alkanes) is 1. The first kappa shape index (κ1) is 18.4. The molecule has 29 heavy (non-hydrogen) atoms. The Kier molecular flexibility index (Phi) is 4.86. The molecule has 3 N–H and O–H groups in total. The molecule has 0 spiro atoms. The molecule has 2 nitrogen and oxygen atoms in total. The van der Waals surface area contributed by atoms with Gasteiger partial charge in [-0.05, 0) is 67.1 Å². The number of aromatic amines is 1. The highest BCUT2D eigenvalue weighted by molar-refractivity contribution is 7.25. The molecule has 5 rings (SSSR count). The van der Waals surface area contributed by atoms with Gasteiger partial charge in [0.25, 0.3) is 0 Å². The number of fused-ring (bicyclic) bond motifs is 4. The highest BCUT2D eigenvalue weighted by atomic mass is 32.1. The summed E-state index contributed by atoms with van der Waals surface area (Å²) in [5.74, 6) is 0. The molecule has 0 unspecified atom stereocenters. The second-order valence-corrected chi connectivity index (χ2v) is 8.81. The average Bonchev–Trinajstić information content (AvgIpc) is 3.32. The summed E-state index contributed by atoms with van der Waals surface area (Å²) in [4.78, 5) is 3.80. The summed E-state index contributed by atoms with van der Waals surface area (Å²) in [7, 11) is 0. The van der Waals surface area contributed by atoms with Crippen LogP contribution in [0.2, 0.25) is 0 Å². The van der Waals surface area contributed by atoms with E-state index in [1.165, 1.54) is 53.5 Å². The SMILES string of the molecule is CCc1cccc2c(CCCCN)c(-c3ccc4sc5ccccc5c4c3)[nH]c12. The number of rotatable bonds is 6. The van der Waals surface area contributed by atoms with Crippen LogP contribution in [0, 0.1) is 0 Å². The molecular formula is C26H26N2S. The van der Waals surface area contributed by atoms with Gasteiger partial charge in [0.1, 0.15) is 0 Å². The Morgan fingerprint density at radius 3 is 2.55 bits per heavy atom. The third-order valence-electron chi connectivity index (χ3n) is 5.95. The zero-order chi connectivity index (χ0) is 19.8. The Morgan fingerprint density at radius 2 is 1.69 bits per heavy atom. The number of nitrogens with one attached hydrogen (secondary N) is 1. The van der Waals surface area contributed by atoms with Crippen molar-refractivity contribution in [3.05, 3.63) is 71.8 Å². The van der Waals surface area contributed by atoms with E-state index in [2.05, 4.69) is 72.6 Å². The smallest absolute Gasteiger partial charge is 0.0497 e. The van der Waals surface area contributed by atoms with Crippen LogP contribution in [0.1, 0.15) is 30.9 Å². The molecule has 3 heteroatoms. The van der Waals surface area contributed by atoms with Crippen molar-refractivity contribution >= 4 is 42.4 Å². The van der Waals surface area contributed by atoms with Crippen LogP contribution in [-0.2, 0) is 12.8 Å². The maximum Gasteiger partial charge on any atom is 0.0497 e. The van der Waals surface area contributed by atoms with Crippen molar-refractivity contribution < 1.29 is 0 Å². The van der Waals surface area contributed by atoms with Crippen molar-refractivity contribution in [2.75, 3.05) is 6.54 Å². The first-order valence-corrected chi connectivity index (χ1v) is 11.4. The zero-order valence-corrected chi connectivity index (χ0v) is 17.6. The second-order valence-electron chi connectivity index (χ2n) is 7.73. The van der Waals surface area contributed by atoms with Crippen LogP contribution in [0.4, 0.5) is 0 Å². The summed E-state index contributed by atoms with van der Waals surface area (Å²) in [5.41, 5.74) is 12.4. The lowest BCUT2D eigenvalue weighted by molar-refractivity contribution is 0.748. The van der Waals surface area contributed by atoms with Crippen molar-refractivity contribution in [3.63, 3.8) is 0 Å². The fourth-order valence-corrected chi connectivity index (χ4v) is 5.55. The number of thiophene rings is 1. The van der Waals surface area contributed by atoms with Crippen LogP contribution in [0.15, 0.2) is 60.7 Å². The van der Waals surface area contributed by atoms with Crippen LogP contribution in [-0.4, -0.2) is 11.5 Å². The molecule has 3 aromatic carbocycles. The highest BCUT2D eigenvalue weighted by Crippen LogP contribution is 2.39. The molecule has 0 aliphatic carbocycles. The molecule has 0 fully saturated rings. The molecule has 0 saturated heterocycles. The van der Waals surface area contributed by atoms with Gasteiger partial charge in [-0.15, -0.1) is 11.3 Å². The number of H-pyrrole nitrogens is 1. The molecule has 0 saturated carbocycles. The van der Waals surface area contributed by atoms with Crippen molar-refractivity contribution in [1.82, 2.24) is 4.98 Å². The number of nitrogens with two attached hydrogens (primary N) is 1. The van der Waals surface area contributed by atoms with E-state index in [1.807, 2.05) is 11.3 Å². The number of hydrogen-bond donors (Lipinski definition) is 2. The number of para-hydroxylation sites is 1. The largest absolute Gasteiger partial charge is 0.354 e. The maximum atomic E-state index is 5.77. The van der Waals surface area contributed by atoms with Gasteiger partial charge >= 0.3 is 0 Å². The van der Waals surface area contributed by atoms with E-state index >= 15 is 0 Å². The third kappa shape index (κ3) is 3.15. The molecule has 0 aliphatic rings. The van der Waals surface area contributed by atoms with E-state index in [0.29, 0.717) is 0 Å². The summed E-state index contributed by atoms with van der Waals surface area (Å²) in [5, 5.41) is 4.07. The van der Waals surface area contributed by atoms with E-state index in [4.69, 9.17) is 5.73 Å². The van der Waals surface area contributed by atoms with Gasteiger partial charge in [0.05, 0.1) is 0 Å². The van der Waals surface area contributed by atoms with Gasteiger partial charge < -0.3 is 10.7 Å². The lowest BCUT2D eigenvalue weighted by atomic mass is 9.98. The second kappa shape index (κ2) is 7.66. The van der Waals surface area contributed by atoms with E-state index < -0.39 is 0 Å². The molecule has 2 aromatic heterocycles. The third-order valence-corrected chi connectivity index (χ3v) is 7.11. The molecule has 5 aromatic rings. The Balaban J connectivity index is 1.72. The van der Waals surface area contributed by atoms with Crippen molar-refractivity contribution in [1.29, 1.82) is 0 Å². The number of benzene rings is 3. The summed E-state index contributed by atoms with van der Waals surface area (Å²) in [6, 6.07) is 22.3. The van der Waals surface area contributed by atoms with Crippen LogP contribution in [0.25, 0.3) is 42.3 Å². The standard InChI is InChI=1S/C26H26N2S/c1-2-17-8-7-11-21-20(10-5-6-15-27)26(28-25(17)21)18-13-14-24-22(16-18)19-9-3-4-12-23(19)29-24/h3-4,7-9,11-14,16,28H,2,5-6,10,15,27H2,1H3. The van der Waals surface area contributed by atoms with Crippen molar-refractivity contribution in [2.45, 2.75) is 32.6 Å². The van der Waals surface area contributed by atoms with Gasteiger partial charge in [-0.2, -0.15) is 0 Å².